The molecule has 0 aliphatic carbocycles. The first-order valence-corrected chi connectivity index (χ1v) is 10.7. The summed E-state index contributed by atoms with van der Waals surface area (Å²) in [4.78, 5) is 23.0. The maximum absolute atomic E-state index is 12.7. The molecule has 4 aromatic rings. The predicted molar refractivity (Wildman–Crippen MR) is 113 cm³/mol. The van der Waals surface area contributed by atoms with Crippen molar-refractivity contribution < 1.29 is 5.11 Å². The summed E-state index contributed by atoms with van der Waals surface area (Å²) >= 11 is 4.61. The van der Waals surface area contributed by atoms with Gasteiger partial charge in [0.25, 0.3) is 5.56 Å². The summed E-state index contributed by atoms with van der Waals surface area (Å²) in [5.74, 6) is 0.781. The molecule has 0 aliphatic heterocycles. The Kier molecular flexibility index (Phi) is 4.67. The van der Waals surface area contributed by atoms with Gasteiger partial charge in [0, 0.05) is 15.8 Å². The molecular weight excluding hydrogens is 384 g/mol. The highest BCUT2D eigenvalue weighted by atomic mass is 32.2. The van der Waals surface area contributed by atoms with Gasteiger partial charge in [0.2, 0.25) is 0 Å². The van der Waals surface area contributed by atoms with Crippen LogP contribution in [0, 0.1) is 0 Å². The maximum Gasteiger partial charge on any atom is 0.260 e. The fraction of sp³-hybridized carbons (Fsp3) is 0.0526. The predicted octanol–water partition coefficient (Wildman–Crippen LogP) is 5.28. The Labute approximate surface area is 161 Å². The molecule has 0 amide bonds. The second-order valence-electron chi connectivity index (χ2n) is 5.53. The van der Waals surface area contributed by atoms with Gasteiger partial charge in [-0.25, -0.2) is 4.98 Å². The summed E-state index contributed by atoms with van der Waals surface area (Å²) in [6.45, 7) is 0. The van der Waals surface area contributed by atoms with Crippen LogP contribution in [0.15, 0.2) is 52.0 Å². The Balaban J connectivity index is 1.81. The second-order valence-corrected chi connectivity index (χ2v) is 8.18. The molecule has 3 heterocycles. The number of thiophene rings is 2. The highest BCUT2D eigenvalue weighted by Gasteiger charge is 2.15. The van der Waals surface area contributed by atoms with E-state index < -0.39 is 0 Å². The van der Waals surface area contributed by atoms with Gasteiger partial charge in [0.15, 0.2) is 0 Å². The number of hydrogen-bond donors (Lipinski definition) is 2. The zero-order valence-electron chi connectivity index (χ0n) is 13.7. The number of H-pyrrole nitrogens is 1. The topological polar surface area (TPSA) is 66.0 Å². The van der Waals surface area contributed by atoms with Crippen LogP contribution in [0.5, 0.6) is 5.75 Å². The lowest BCUT2D eigenvalue weighted by atomic mass is 10.2. The van der Waals surface area contributed by atoms with Crippen LogP contribution in [0.3, 0.4) is 0 Å². The Morgan fingerprint density at radius 3 is 2.73 bits per heavy atom. The number of rotatable bonds is 4. The van der Waals surface area contributed by atoms with Crippen LogP contribution in [0.25, 0.3) is 31.6 Å². The number of phenolic OH excluding ortho intramolecular Hbond substituents is 1. The largest absolute Gasteiger partial charge is 0.508 e. The average molecular weight is 399 g/mol. The van der Waals surface area contributed by atoms with Crippen molar-refractivity contribution in [3.63, 3.8) is 0 Å². The van der Waals surface area contributed by atoms with E-state index in [-0.39, 0.29) is 11.3 Å². The summed E-state index contributed by atoms with van der Waals surface area (Å²) in [6, 6.07) is 10.9. The zero-order chi connectivity index (χ0) is 18.1. The third-order valence-corrected chi connectivity index (χ3v) is 6.40. The molecule has 0 atom stereocenters. The first-order valence-electron chi connectivity index (χ1n) is 7.76. The third kappa shape index (κ3) is 3.21. The molecule has 7 heteroatoms. The highest BCUT2D eigenvalue weighted by Crippen LogP contribution is 2.34. The number of benzene rings is 1. The minimum atomic E-state index is -0.125. The molecule has 0 bridgehead atoms. The van der Waals surface area contributed by atoms with Crippen LogP contribution < -0.4 is 5.56 Å². The monoisotopic (exact) mass is 398 g/mol. The highest BCUT2D eigenvalue weighted by molar-refractivity contribution is 8.07. The van der Waals surface area contributed by atoms with Gasteiger partial charge in [0.1, 0.15) is 16.4 Å². The van der Waals surface area contributed by atoms with Crippen LogP contribution in [-0.4, -0.2) is 21.3 Å². The molecule has 4 rings (SSSR count). The zero-order valence-corrected chi connectivity index (χ0v) is 16.2. The Hall–Kier alpha value is -2.35. The van der Waals surface area contributed by atoms with E-state index in [1.165, 1.54) is 23.1 Å². The first-order chi connectivity index (χ1) is 12.7. The molecule has 0 spiro atoms. The van der Waals surface area contributed by atoms with E-state index in [9.17, 15) is 9.90 Å². The van der Waals surface area contributed by atoms with Crippen molar-refractivity contribution in [3.05, 3.63) is 68.9 Å². The van der Waals surface area contributed by atoms with E-state index in [1.807, 2.05) is 47.4 Å². The van der Waals surface area contributed by atoms with Crippen LogP contribution in [-0.2, 0) is 0 Å². The molecule has 0 aliphatic rings. The van der Waals surface area contributed by atoms with E-state index >= 15 is 0 Å². The Morgan fingerprint density at radius 1 is 1.23 bits per heavy atom. The SMILES string of the molecule is CS/C(=C\c1ccc(O)cc1)c1nc2scc(-c3cccs3)c2c(=O)[nH]1. The lowest BCUT2D eigenvalue weighted by Crippen LogP contribution is -2.10. The number of nitrogens with zero attached hydrogens (tertiary/aromatic N) is 1. The number of aromatic hydroxyl groups is 1. The lowest BCUT2D eigenvalue weighted by Gasteiger charge is -2.05. The first kappa shape index (κ1) is 17.1. The van der Waals surface area contributed by atoms with E-state index in [2.05, 4.69) is 9.97 Å². The summed E-state index contributed by atoms with van der Waals surface area (Å²) in [7, 11) is 0. The fourth-order valence-corrected chi connectivity index (χ4v) is 4.93. The summed E-state index contributed by atoms with van der Waals surface area (Å²) in [5, 5.41) is 14.1. The number of thioether (sulfide) groups is 1. The summed E-state index contributed by atoms with van der Waals surface area (Å²) < 4.78 is 0. The third-order valence-electron chi connectivity index (χ3n) is 3.87. The second kappa shape index (κ2) is 7.11. The number of nitrogens with one attached hydrogen (secondary N) is 1. The van der Waals surface area contributed by atoms with Crippen LogP contribution >= 0.6 is 34.4 Å². The van der Waals surface area contributed by atoms with Crippen molar-refractivity contribution in [1.29, 1.82) is 0 Å². The minimum Gasteiger partial charge on any atom is -0.508 e. The Bertz CT molecular complexity index is 1140. The van der Waals surface area contributed by atoms with Crippen molar-refractivity contribution in [1.82, 2.24) is 9.97 Å². The van der Waals surface area contributed by atoms with Crippen LogP contribution in [0.4, 0.5) is 0 Å². The maximum atomic E-state index is 12.7. The molecule has 0 radical (unpaired) electrons. The normalized spacial score (nSPS) is 12.0. The van der Waals surface area contributed by atoms with E-state index in [0.717, 1.165) is 25.7 Å². The smallest absolute Gasteiger partial charge is 0.260 e. The summed E-state index contributed by atoms with van der Waals surface area (Å²) in [5.41, 5.74) is 1.74. The molecule has 0 unspecified atom stereocenters. The van der Waals surface area contributed by atoms with Gasteiger partial charge in [-0.15, -0.1) is 34.4 Å². The number of aromatic amines is 1. The van der Waals surface area contributed by atoms with Crippen LogP contribution in [0.2, 0.25) is 0 Å². The lowest BCUT2D eigenvalue weighted by molar-refractivity contribution is 0.475. The van der Waals surface area contributed by atoms with Gasteiger partial charge in [-0.3, -0.25) is 4.79 Å². The summed E-state index contributed by atoms with van der Waals surface area (Å²) in [6.07, 6.45) is 3.89. The Morgan fingerprint density at radius 2 is 2.04 bits per heavy atom. The molecule has 1 aromatic carbocycles. The van der Waals surface area contributed by atoms with Gasteiger partial charge < -0.3 is 10.1 Å². The number of hydrogen-bond acceptors (Lipinski definition) is 6. The van der Waals surface area contributed by atoms with Gasteiger partial charge in [0.05, 0.1) is 10.3 Å². The van der Waals surface area contributed by atoms with Crippen molar-refractivity contribution in [2.24, 2.45) is 0 Å². The average Bonchev–Trinajstić information content (AvgIpc) is 3.30. The molecule has 3 aromatic heterocycles. The quantitative estimate of drug-likeness (QED) is 0.491. The van der Waals surface area contributed by atoms with Gasteiger partial charge >= 0.3 is 0 Å². The van der Waals surface area contributed by atoms with E-state index in [4.69, 9.17) is 0 Å². The standard InChI is InChI=1S/C19H14N2O2S3/c1-24-15(9-11-4-6-12(22)7-5-11)17-20-18(23)16-13(10-26-19(16)21-17)14-3-2-8-25-14/h2-10,22H,1H3,(H,20,21,23)/b15-9-. The van der Waals surface area contributed by atoms with Crippen molar-refractivity contribution in [2.75, 3.05) is 6.26 Å². The molecule has 0 saturated heterocycles. The van der Waals surface area contributed by atoms with E-state index in [0.29, 0.717) is 11.2 Å². The number of aromatic nitrogens is 2. The van der Waals surface area contributed by atoms with Crippen molar-refractivity contribution >= 4 is 55.6 Å². The molecule has 26 heavy (non-hydrogen) atoms. The van der Waals surface area contributed by atoms with E-state index in [1.54, 1.807) is 23.5 Å². The van der Waals surface area contributed by atoms with Gasteiger partial charge in [-0.1, -0.05) is 18.2 Å². The minimum absolute atomic E-state index is 0.125. The van der Waals surface area contributed by atoms with Crippen LogP contribution in [0.1, 0.15) is 11.4 Å². The molecule has 4 nitrogen and oxygen atoms in total. The fourth-order valence-electron chi connectivity index (χ4n) is 2.62. The molecule has 0 saturated carbocycles. The van der Waals surface area contributed by atoms with Crippen molar-refractivity contribution in [2.45, 2.75) is 0 Å². The number of phenols is 1. The van der Waals surface area contributed by atoms with Crippen molar-refractivity contribution in [3.8, 4) is 16.2 Å². The van der Waals surface area contributed by atoms with Gasteiger partial charge in [-0.2, -0.15) is 0 Å². The molecular formula is C19H14N2O2S3. The van der Waals surface area contributed by atoms with Gasteiger partial charge in [-0.05, 0) is 41.5 Å². The molecule has 0 fully saturated rings. The number of fused-ring (bicyclic) bond motifs is 1. The molecule has 2 N–H and O–H groups in total. The molecule has 130 valence electrons.